The molecule has 0 saturated heterocycles. The summed E-state index contributed by atoms with van der Waals surface area (Å²) < 4.78 is 0. The lowest BCUT2D eigenvalue weighted by atomic mass is 10.2. The molecule has 0 spiro atoms. The summed E-state index contributed by atoms with van der Waals surface area (Å²) in [6, 6.07) is 12.0. The minimum Gasteiger partial charge on any atom is -0.341 e. The van der Waals surface area contributed by atoms with Crippen molar-refractivity contribution in [1.29, 1.82) is 0 Å². The van der Waals surface area contributed by atoms with Crippen LogP contribution in [0.3, 0.4) is 0 Å². The molecule has 0 aliphatic rings. The van der Waals surface area contributed by atoms with Crippen LogP contribution in [-0.4, -0.2) is 28.6 Å². The van der Waals surface area contributed by atoms with Crippen LogP contribution in [0.15, 0.2) is 53.7 Å². The predicted octanol–water partition coefficient (Wildman–Crippen LogP) is 3.14. The molecule has 0 aliphatic heterocycles. The minimum absolute atomic E-state index is 0.127. The van der Waals surface area contributed by atoms with E-state index in [0.29, 0.717) is 12.3 Å². The number of benzene rings is 1. The lowest BCUT2D eigenvalue weighted by molar-refractivity contribution is -0.127. The quantitative estimate of drug-likeness (QED) is 0.792. The van der Waals surface area contributed by atoms with E-state index in [2.05, 4.69) is 18.0 Å². The zero-order valence-electron chi connectivity index (χ0n) is 11.7. The van der Waals surface area contributed by atoms with Crippen LogP contribution in [0.1, 0.15) is 11.1 Å². The van der Waals surface area contributed by atoms with Crippen LogP contribution < -0.4 is 0 Å². The molecule has 4 heteroatoms. The fourth-order valence-corrected chi connectivity index (χ4v) is 2.79. The van der Waals surface area contributed by atoms with Gasteiger partial charge in [0.25, 0.3) is 0 Å². The monoisotopic (exact) mass is 286 g/mol. The summed E-state index contributed by atoms with van der Waals surface area (Å²) in [5.41, 5.74) is 2.25. The van der Waals surface area contributed by atoms with Gasteiger partial charge in [0.2, 0.25) is 5.91 Å². The highest BCUT2D eigenvalue weighted by atomic mass is 32.2. The first kappa shape index (κ1) is 14.6. The van der Waals surface area contributed by atoms with Gasteiger partial charge in [-0.25, -0.2) is 0 Å². The number of carbonyl (C=O) groups is 1. The maximum absolute atomic E-state index is 12.1. The summed E-state index contributed by atoms with van der Waals surface area (Å²) in [7, 11) is 1.83. The zero-order valence-corrected chi connectivity index (χ0v) is 12.6. The van der Waals surface area contributed by atoms with Crippen LogP contribution in [0.2, 0.25) is 0 Å². The van der Waals surface area contributed by atoms with Crippen molar-refractivity contribution in [1.82, 2.24) is 9.88 Å². The molecule has 3 nitrogen and oxygen atoms in total. The number of pyridine rings is 1. The summed E-state index contributed by atoms with van der Waals surface area (Å²) in [6.07, 6.45) is 3.53. The molecule has 0 aliphatic carbocycles. The normalized spacial score (nSPS) is 10.3. The summed E-state index contributed by atoms with van der Waals surface area (Å²) in [6.45, 7) is 2.66. The number of nitrogens with zero attached hydrogens (tertiary/aromatic N) is 2. The van der Waals surface area contributed by atoms with Crippen molar-refractivity contribution in [3.63, 3.8) is 0 Å². The lowest BCUT2D eigenvalue weighted by Crippen LogP contribution is -2.27. The van der Waals surface area contributed by atoms with Gasteiger partial charge in [0, 0.05) is 30.9 Å². The summed E-state index contributed by atoms with van der Waals surface area (Å²) in [5.74, 6) is 0.587. The molecule has 0 radical (unpaired) electrons. The number of amides is 1. The van der Waals surface area contributed by atoms with Crippen LogP contribution in [0.4, 0.5) is 0 Å². The molecule has 0 atom stereocenters. The lowest BCUT2D eigenvalue weighted by Gasteiger charge is -2.17. The Hall–Kier alpha value is -1.81. The van der Waals surface area contributed by atoms with Crippen molar-refractivity contribution in [2.45, 2.75) is 18.4 Å². The first-order valence-electron chi connectivity index (χ1n) is 6.48. The maximum Gasteiger partial charge on any atom is 0.232 e. The van der Waals surface area contributed by atoms with Gasteiger partial charge >= 0.3 is 0 Å². The predicted molar refractivity (Wildman–Crippen MR) is 82.6 cm³/mol. The maximum atomic E-state index is 12.1. The highest BCUT2D eigenvalue weighted by molar-refractivity contribution is 8.00. The molecule has 0 N–H and O–H groups in total. The Labute approximate surface area is 124 Å². The third kappa shape index (κ3) is 4.10. The topological polar surface area (TPSA) is 33.2 Å². The average molecular weight is 286 g/mol. The van der Waals surface area contributed by atoms with Crippen molar-refractivity contribution < 1.29 is 4.79 Å². The molecule has 1 amide bonds. The van der Waals surface area contributed by atoms with Gasteiger partial charge in [0.15, 0.2) is 0 Å². The number of aromatic nitrogens is 1. The van der Waals surface area contributed by atoms with Crippen molar-refractivity contribution in [3.8, 4) is 0 Å². The second kappa shape index (κ2) is 7.10. The Bertz CT molecular complexity index is 572. The Morgan fingerprint density at radius 3 is 2.75 bits per heavy atom. The smallest absolute Gasteiger partial charge is 0.232 e. The van der Waals surface area contributed by atoms with E-state index < -0.39 is 0 Å². The SMILES string of the molecule is Cc1ccccc1SCC(=O)N(C)Cc1cccnc1. The standard InChI is InChI=1S/C16H18N2OS/c1-13-6-3-4-8-15(13)20-12-16(19)18(2)11-14-7-5-9-17-10-14/h3-10H,11-12H2,1-2H3. The van der Waals surface area contributed by atoms with Crippen LogP contribution in [0.5, 0.6) is 0 Å². The van der Waals surface area contributed by atoms with Crippen LogP contribution in [-0.2, 0) is 11.3 Å². The Balaban J connectivity index is 1.87. The van der Waals surface area contributed by atoms with E-state index in [1.54, 1.807) is 29.1 Å². The van der Waals surface area contributed by atoms with Gasteiger partial charge in [-0.1, -0.05) is 24.3 Å². The van der Waals surface area contributed by atoms with Crippen molar-refractivity contribution >= 4 is 17.7 Å². The van der Waals surface area contributed by atoms with Crippen molar-refractivity contribution in [3.05, 3.63) is 59.9 Å². The molecular formula is C16H18N2OS. The van der Waals surface area contributed by atoms with Gasteiger partial charge in [-0.2, -0.15) is 0 Å². The van der Waals surface area contributed by atoms with Gasteiger partial charge in [0.1, 0.15) is 0 Å². The third-order valence-electron chi connectivity index (χ3n) is 3.01. The summed E-state index contributed by atoms with van der Waals surface area (Å²) in [4.78, 5) is 19.1. The number of carbonyl (C=O) groups excluding carboxylic acids is 1. The average Bonchev–Trinajstić information content (AvgIpc) is 2.47. The van der Waals surface area contributed by atoms with Crippen molar-refractivity contribution in [2.75, 3.05) is 12.8 Å². The number of hydrogen-bond acceptors (Lipinski definition) is 3. The van der Waals surface area contributed by atoms with Gasteiger partial charge in [-0.15, -0.1) is 11.8 Å². The Morgan fingerprint density at radius 1 is 1.25 bits per heavy atom. The third-order valence-corrected chi connectivity index (χ3v) is 4.17. The molecule has 2 aromatic rings. The second-order valence-electron chi connectivity index (χ2n) is 4.67. The molecule has 0 bridgehead atoms. The molecule has 0 saturated carbocycles. The van der Waals surface area contributed by atoms with Gasteiger partial charge < -0.3 is 4.90 Å². The van der Waals surface area contributed by atoms with E-state index in [-0.39, 0.29) is 5.91 Å². The molecule has 2 rings (SSSR count). The van der Waals surface area contributed by atoms with Crippen LogP contribution >= 0.6 is 11.8 Å². The van der Waals surface area contributed by atoms with E-state index in [0.717, 1.165) is 10.5 Å². The molecule has 0 unspecified atom stereocenters. The first-order chi connectivity index (χ1) is 9.66. The van der Waals surface area contributed by atoms with E-state index in [1.807, 2.05) is 37.4 Å². The molecule has 20 heavy (non-hydrogen) atoms. The summed E-state index contributed by atoms with van der Waals surface area (Å²) >= 11 is 1.59. The number of rotatable bonds is 5. The van der Waals surface area contributed by atoms with Gasteiger partial charge in [-0.3, -0.25) is 9.78 Å². The zero-order chi connectivity index (χ0) is 14.4. The fraction of sp³-hybridized carbons (Fsp3) is 0.250. The highest BCUT2D eigenvalue weighted by Crippen LogP contribution is 2.22. The van der Waals surface area contributed by atoms with Crippen molar-refractivity contribution in [2.24, 2.45) is 0 Å². The Kier molecular flexibility index (Phi) is 5.18. The minimum atomic E-state index is 0.127. The Morgan fingerprint density at radius 2 is 2.05 bits per heavy atom. The first-order valence-corrected chi connectivity index (χ1v) is 7.46. The number of hydrogen-bond donors (Lipinski definition) is 0. The van der Waals surface area contributed by atoms with E-state index >= 15 is 0 Å². The molecule has 0 fully saturated rings. The molecule has 1 aromatic heterocycles. The molecule has 1 heterocycles. The molecular weight excluding hydrogens is 268 g/mol. The van der Waals surface area contributed by atoms with Gasteiger partial charge in [0.05, 0.1) is 5.75 Å². The van der Waals surface area contributed by atoms with E-state index in [1.165, 1.54) is 5.56 Å². The van der Waals surface area contributed by atoms with Crippen LogP contribution in [0.25, 0.3) is 0 Å². The second-order valence-corrected chi connectivity index (χ2v) is 5.68. The van der Waals surface area contributed by atoms with E-state index in [4.69, 9.17) is 0 Å². The molecule has 104 valence electrons. The largest absolute Gasteiger partial charge is 0.341 e. The van der Waals surface area contributed by atoms with Gasteiger partial charge in [-0.05, 0) is 30.2 Å². The summed E-state index contributed by atoms with van der Waals surface area (Å²) in [5, 5.41) is 0. The number of aryl methyl sites for hydroxylation is 1. The van der Waals surface area contributed by atoms with E-state index in [9.17, 15) is 4.79 Å². The highest BCUT2D eigenvalue weighted by Gasteiger charge is 2.10. The number of thioether (sulfide) groups is 1. The molecule has 1 aromatic carbocycles. The van der Waals surface area contributed by atoms with Crippen LogP contribution in [0, 0.1) is 6.92 Å². The fourth-order valence-electron chi connectivity index (χ4n) is 1.82.